The number of carbonyl (C=O) groups is 1. The summed E-state index contributed by atoms with van der Waals surface area (Å²) in [6.45, 7) is 7.27. The smallest absolute Gasteiger partial charge is 0.254 e. The van der Waals surface area contributed by atoms with E-state index in [0.29, 0.717) is 44.9 Å². The number of amides is 1. The first-order chi connectivity index (χ1) is 11.0. The van der Waals surface area contributed by atoms with Crippen LogP contribution in [0.1, 0.15) is 24.2 Å². The van der Waals surface area contributed by atoms with Crippen molar-refractivity contribution in [1.29, 1.82) is 0 Å². The lowest BCUT2D eigenvalue weighted by Crippen LogP contribution is -2.50. The maximum atomic E-state index is 13.2. The van der Waals surface area contributed by atoms with Crippen LogP contribution in [0, 0.1) is 5.82 Å². The third-order valence-corrected chi connectivity index (χ3v) is 3.82. The summed E-state index contributed by atoms with van der Waals surface area (Å²) in [5, 5.41) is 9.95. The highest BCUT2D eigenvalue weighted by atomic mass is 19.1. The van der Waals surface area contributed by atoms with Crippen molar-refractivity contribution in [3.8, 4) is 0 Å². The van der Waals surface area contributed by atoms with Crippen LogP contribution in [0.2, 0.25) is 0 Å². The fourth-order valence-electron chi connectivity index (χ4n) is 2.59. The minimum Gasteiger partial charge on any atom is -0.389 e. The van der Waals surface area contributed by atoms with Crippen LogP contribution in [-0.2, 0) is 4.74 Å². The molecule has 0 bridgehead atoms. The molecule has 23 heavy (non-hydrogen) atoms. The number of β-amino-alcohol motifs (C(OH)–C–C–N with tert-alkyl or cyclic N) is 1. The molecule has 1 atom stereocenters. The lowest BCUT2D eigenvalue weighted by molar-refractivity contribution is -0.0137. The molecule has 1 aromatic carbocycles. The maximum absolute atomic E-state index is 13.2. The standard InChI is InChI=1S/C17H25FN2O3/c1-13(2)23-12-16(21)11-19-6-8-20(9-7-19)17(22)14-4-3-5-15(18)10-14/h3-5,10,13,16,21H,6-9,11-12H2,1-2H3. The van der Waals surface area contributed by atoms with Crippen molar-refractivity contribution < 1.29 is 19.0 Å². The van der Waals surface area contributed by atoms with Crippen molar-refractivity contribution in [2.24, 2.45) is 0 Å². The van der Waals surface area contributed by atoms with E-state index >= 15 is 0 Å². The van der Waals surface area contributed by atoms with Crippen molar-refractivity contribution in [1.82, 2.24) is 9.80 Å². The Bertz CT molecular complexity index is 516. The van der Waals surface area contributed by atoms with Crippen molar-refractivity contribution in [3.05, 3.63) is 35.6 Å². The van der Waals surface area contributed by atoms with Gasteiger partial charge in [0.2, 0.25) is 0 Å². The minimum atomic E-state index is -0.525. The summed E-state index contributed by atoms with van der Waals surface area (Å²) in [6.07, 6.45) is -0.423. The van der Waals surface area contributed by atoms with Gasteiger partial charge in [-0.3, -0.25) is 9.69 Å². The molecule has 1 fully saturated rings. The second kappa shape index (κ2) is 8.38. The third-order valence-electron chi connectivity index (χ3n) is 3.82. The topological polar surface area (TPSA) is 53.0 Å². The monoisotopic (exact) mass is 324 g/mol. The lowest BCUT2D eigenvalue weighted by atomic mass is 10.1. The SMILES string of the molecule is CC(C)OCC(O)CN1CCN(C(=O)c2cccc(F)c2)CC1. The molecule has 1 amide bonds. The number of hydrogen-bond acceptors (Lipinski definition) is 4. The number of nitrogens with zero attached hydrogens (tertiary/aromatic N) is 2. The van der Waals surface area contributed by atoms with Crippen molar-refractivity contribution >= 4 is 5.91 Å². The van der Waals surface area contributed by atoms with E-state index in [0.717, 1.165) is 0 Å². The molecule has 1 aromatic rings. The summed E-state index contributed by atoms with van der Waals surface area (Å²) in [4.78, 5) is 16.2. The molecule has 2 rings (SSSR count). The quantitative estimate of drug-likeness (QED) is 0.859. The highest BCUT2D eigenvalue weighted by Crippen LogP contribution is 2.11. The van der Waals surface area contributed by atoms with Gasteiger partial charge >= 0.3 is 0 Å². The number of carbonyl (C=O) groups excluding carboxylic acids is 1. The second-order valence-electron chi connectivity index (χ2n) is 6.14. The van der Waals surface area contributed by atoms with Gasteiger partial charge in [0.15, 0.2) is 0 Å². The molecule has 1 saturated heterocycles. The Kier molecular flexibility index (Phi) is 6.50. The molecule has 1 unspecified atom stereocenters. The Morgan fingerprint density at radius 1 is 1.30 bits per heavy atom. The Morgan fingerprint density at radius 3 is 2.61 bits per heavy atom. The molecule has 0 spiro atoms. The van der Waals surface area contributed by atoms with E-state index in [-0.39, 0.29) is 12.0 Å². The van der Waals surface area contributed by atoms with Gasteiger partial charge < -0.3 is 14.7 Å². The van der Waals surface area contributed by atoms with Crippen LogP contribution in [0.15, 0.2) is 24.3 Å². The molecule has 0 aliphatic carbocycles. The van der Waals surface area contributed by atoms with Gasteiger partial charge in [-0.2, -0.15) is 0 Å². The molecule has 128 valence electrons. The highest BCUT2D eigenvalue weighted by Gasteiger charge is 2.23. The van der Waals surface area contributed by atoms with Gasteiger partial charge in [0.05, 0.1) is 18.8 Å². The lowest BCUT2D eigenvalue weighted by Gasteiger charge is -2.35. The van der Waals surface area contributed by atoms with Crippen LogP contribution in [0.5, 0.6) is 0 Å². The first kappa shape index (κ1) is 17.8. The molecule has 1 heterocycles. The number of aliphatic hydroxyl groups excluding tert-OH is 1. The Labute approximate surface area is 136 Å². The molecule has 1 aliphatic heterocycles. The summed E-state index contributed by atoms with van der Waals surface area (Å²) >= 11 is 0. The fourth-order valence-corrected chi connectivity index (χ4v) is 2.59. The van der Waals surface area contributed by atoms with Crippen LogP contribution >= 0.6 is 0 Å². The molecule has 0 aromatic heterocycles. The summed E-state index contributed by atoms with van der Waals surface area (Å²) in [5.74, 6) is -0.546. The molecule has 1 N–H and O–H groups in total. The van der Waals surface area contributed by atoms with Gasteiger partial charge in [-0.25, -0.2) is 4.39 Å². The van der Waals surface area contributed by atoms with E-state index in [1.807, 2.05) is 13.8 Å². The Balaban J connectivity index is 1.78. The van der Waals surface area contributed by atoms with E-state index in [9.17, 15) is 14.3 Å². The first-order valence-corrected chi connectivity index (χ1v) is 8.02. The predicted octanol–water partition coefficient (Wildman–Crippen LogP) is 1.37. The van der Waals surface area contributed by atoms with Crippen molar-refractivity contribution in [2.45, 2.75) is 26.1 Å². The number of ether oxygens (including phenoxy) is 1. The van der Waals surface area contributed by atoms with Crippen LogP contribution in [0.25, 0.3) is 0 Å². The van der Waals surface area contributed by atoms with Gasteiger partial charge in [0.1, 0.15) is 5.82 Å². The average Bonchev–Trinajstić information content (AvgIpc) is 2.53. The zero-order chi connectivity index (χ0) is 16.8. The average molecular weight is 324 g/mol. The number of rotatable bonds is 6. The normalized spacial score (nSPS) is 17.5. The molecular weight excluding hydrogens is 299 g/mol. The first-order valence-electron chi connectivity index (χ1n) is 8.02. The zero-order valence-corrected chi connectivity index (χ0v) is 13.7. The van der Waals surface area contributed by atoms with E-state index in [1.165, 1.54) is 12.1 Å². The zero-order valence-electron chi connectivity index (χ0n) is 13.7. The van der Waals surface area contributed by atoms with Gasteiger partial charge in [0.25, 0.3) is 5.91 Å². The number of halogens is 1. The van der Waals surface area contributed by atoms with Gasteiger partial charge in [-0.1, -0.05) is 6.07 Å². The second-order valence-corrected chi connectivity index (χ2v) is 6.14. The van der Waals surface area contributed by atoms with Crippen LogP contribution < -0.4 is 0 Å². The van der Waals surface area contributed by atoms with Crippen LogP contribution in [0.4, 0.5) is 4.39 Å². The van der Waals surface area contributed by atoms with Crippen LogP contribution in [0.3, 0.4) is 0 Å². The third kappa shape index (κ3) is 5.57. The molecule has 0 saturated carbocycles. The summed E-state index contributed by atoms with van der Waals surface area (Å²) < 4.78 is 18.6. The predicted molar refractivity (Wildman–Crippen MR) is 85.8 cm³/mol. The summed E-state index contributed by atoms with van der Waals surface area (Å²) in [6, 6.07) is 5.77. The van der Waals surface area contributed by atoms with E-state index in [1.54, 1.807) is 17.0 Å². The minimum absolute atomic E-state index is 0.102. The molecular formula is C17H25FN2O3. The van der Waals surface area contributed by atoms with E-state index in [2.05, 4.69) is 4.90 Å². The van der Waals surface area contributed by atoms with Crippen LogP contribution in [-0.4, -0.2) is 72.4 Å². The molecule has 5 nitrogen and oxygen atoms in total. The fraction of sp³-hybridized carbons (Fsp3) is 0.588. The number of hydrogen-bond donors (Lipinski definition) is 1. The number of aliphatic hydroxyl groups is 1. The Hall–Kier alpha value is -1.50. The maximum Gasteiger partial charge on any atom is 0.254 e. The Morgan fingerprint density at radius 2 is 2.00 bits per heavy atom. The molecule has 0 radical (unpaired) electrons. The van der Waals surface area contributed by atoms with E-state index in [4.69, 9.17) is 4.74 Å². The highest BCUT2D eigenvalue weighted by molar-refractivity contribution is 5.94. The molecule has 1 aliphatic rings. The largest absolute Gasteiger partial charge is 0.389 e. The number of piperazine rings is 1. The van der Waals surface area contributed by atoms with E-state index < -0.39 is 11.9 Å². The van der Waals surface area contributed by atoms with Gasteiger partial charge in [-0.15, -0.1) is 0 Å². The molecule has 6 heteroatoms. The summed E-state index contributed by atoms with van der Waals surface area (Å²) in [7, 11) is 0. The van der Waals surface area contributed by atoms with Gasteiger partial charge in [-0.05, 0) is 32.0 Å². The van der Waals surface area contributed by atoms with Crippen molar-refractivity contribution in [2.75, 3.05) is 39.3 Å². The summed E-state index contributed by atoms with van der Waals surface area (Å²) in [5.41, 5.74) is 0.379. The van der Waals surface area contributed by atoms with Crippen molar-refractivity contribution in [3.63, 3.8) is 0 Å². The number of benzene rings is 1. The van der Waals surface area contributed by atoms with Gasteiger partial charge in [0, 0.05) is 38.3 Å².